The van der Waals surface area contributed by atoms with Crippen LogP contribution in [0.25, 0.3) is 10.9 Å². The van der Waals surface area contributed by atoms with Gasteiger partial charge in [0.1, 0.15) is 5.52 Å². The first-order valence-electron chi connectivity index (χ1n) is 9.24. The Morgan fingerprint density at radius 1 is 0.900 bits per heavy atom. The lowest BCUT2D eigenvalue weighted by Crippen LogP contribution is -2.27. The van der Waals surface area contributed by atoms with Gasteiger partial charge in [0.05, 0.1) is 10.9 Å². The number of esters is 1. The van der Waals surface area contributed by atoms with Gasteiger partial charge in [-0.2, -0.15) is 4.68 Å². The number of hydrogen-bond acceptors (Lipinski definition) is 6. The summed E-state index contributed by atoms with van der Waals surface area (Å²) in [7, 11) is 0. The molecule has 0 amide bonds. The quantitative estimate of drug-likeness (QED) is 0.378. The fourth-order valence-electron chi connectivity index (χ4n) is 3.03. The van der Waals surface area contributed by atoms with Crippen LogP contribution in [0.5, 0.6) is 0 Å². The standard InChI is InChI=1S/C23H17N3O4/c1-15-10-12-16(13-11-15)21(27)17-6-2-3-7-18(17)23(29)30-14-26-22(28)19-8-4-5-9-20(19)24-25-26/h2-13H,14H2,1H3. The van der Waals surface area contributed by atoms with E-state index >= 15 is 0 Å². The summed E-state index contributed by atoms with van der Waals surface area (Å²) in [4.78, 5) is 38.0. The summed E-state index contributed by atoms with van der Waals surface area (Å²) in [5.74, 6) is -1.02. The van der Waals surface area contributed by atoms with Gasteiger partial charge in [0.25, 0.3) is 5.56 Å². The van der Waals surface area contributed by atoms with Crippen LogP contribution in [0.4, 0.5) is 0 Å². The van der Waals surface area contributed by atoms with Crippen molar-refractivity contribution in [2.24, 2.45) is 0 Å². The first-order valence-corrected chi connectivity index (χ1v) is 9.24. The van der Waals surface area contributed by atoms with E-state index in [9.17, 15) is 14.4 Å². The number of aromatic nitrogens is 3. The Balaban J connectivity index is 1.58. The van der Waals surface area contributed by atoms with Crippen LogP contribution in [0.2, 0.25) is 0 Å². The van der Waals surface area contributed by atoms with Gasteiger partial charge in [-0.05, 0) is 25.1 Å². The number of carbonyl (C=O) groups excluding carboxylic acids is 2. The maximum absolute atomic E-state index is 12.9. The predicted molar refractivity (Wildman–Crippen MR) is 110 cm³/mol. The first kappa shape index (κ1) is 19.2. The van der Waals surface area contributed by atoms with Crippen molar-refractivity contribution in [2.75, 3.05) is 0 Å². The second kappa shape index (κ2) is 8.08. The van der Waals surface area contributed by atoms with E-state index in [0.717, 1.165) is 10.2 Å². The van der Waals surface area contributed by atoms with Crippen molar-refractivity contribution in [3.05, 3.63) is 105 Å². The number of benzene rings is 3. The molecule has 4 rings (SSSR count). The van der Waals surface area contributed by atoms with Gasteiger partial charge < -0.3 is 4.74 Å². The van der Waals surface area contributed by atoms with Crippen LogP contribution in [0, 0.1) is 6.92 Å². The predicted octanol–water partition coefficient (Wildman–Crippen LogP) is 3.15. The molecule has 3 aromatic carbocycles. The summed E-state index contributed by atoms with van der Waals surface area (Å²) >= 11 is 0. The minimum Gasteiger partial charge on any atom is -0.439 e. The summed E-state index contributed by atoms with van der Waals surface area (Å²) in [5.41, 5.74) is 1.88. The lowest BCUT2D eigenvalue weighted by molar-refractivity contribution is 0.0334. The number of hydrogen-bond donors (Lipinski definition) is 0. The van der Waals surface area contributed by atoms with Crippen LogP contribution < -0.4 is 5.56 Å². The van der Waals surface area contributed by atoms with Gasteiger partial charge >= 0.3 is 5.97 Å². The molecule has 0 spiro atoms. The molecule has 1 aromatic heterocycles. The van der Waals surface area contributed by atoms with Crippen molar-refractivity contribution in [2.45, 2.75) is 13.7 Å². The Kier molecular flexibility index (Phi) is 5.17. The average molecular weight is 399 g/mol. The molecule has 4 aromatic rings. The number of carbonyl (C=O) groups is 2. The maximum atomic E-state index is 12.9. The molecular weight excluding hydrogens is 382 g/mol. The molecule has 1 heterocycles. The van der Waals surface area contributed by atoms with E-state index in [0.29, 0.717) is 16.5 Å². The lowest BCUT2D eigenvalue weighted by Gasteiger charge is -2.10. The molecule has 0 fully saturated rings. The summed E-state index contributed by atoms with van der Waals surface area (Å²) in [5, 5.41) is 8.12. The molecule has 7 nitrogen and oxygen atoms in total. The number of fused-ring (bicyclic) bond motifs is 1. The summed E-state index contributed by atoms with van der Waals surface area (Å²) in [6, 6.07) is 20.3. The zero-order chi connectivity index (χ0) is 21.1. The van der Waals surface area contributed by atoms with Gasteiger partial charge in [-0.3, -0.25) is 9.59 Å². The molecule has 0 N–H and O–H groups in total. The van der Waals surface area contributed by atoms with Gasteiger partial charge in [0.15, 0.2) is 12.5 Å². The molecular formula is C23H17N3O4. The second-order valence-corrected chi connectivity index (χ2v) is 6.71. The largest absolute Gasteiger partial charge is 0.439 e. The molecule has 0 aliphatic rings. The fourth-order valence-corrected chi connectivity index (χ4v) is 3.03. The fraction of sp³-hybridized carbons (Fsp3) is 0.0870. The van der Waals surface area contributed by atoms with E-state index in [4.69, 9.17) is 4.74 Å². The topological polar surface area (TPSA) is 91.2 Å². The van der Waals surface area contributed by atoms with Gasteiger partial charge in [-0.15, -0.1) is 5.10 Å². The minimum absolute atomic E-state index is 0.116. The zero-order valence-electron chi connectivity index (χ0n) is 16.1. The Hall–Kier alpha value is -4.13. The molecule has 0 aliphatic carbocycles. The third kappa shape index (κ3) is 3.73. The summed E-state index contributed by atoms with van der Waals surface area (Å²) in [6.07, 6.45) is 0. The minimum atomic E-state index is -0.729. The van der Waals surface area contributed by atoms with E-state index in [1.165, 1.54) is 6.07 Å². The molecule has 7 heteroatoms. The highest BCUT2D eigenvalue weighted by Gasteiger charge is 2.19. The molecule has 30 heavy (non-hydrogen) atoms. The van der Waals surface area contributed by atoms with Crippen molar-refractivity contribution in [1.29, 1.82) is 0 Å². The highest BCUT2D eigenvalue weighted by atomic mass is 16.5. The highest BCUT2D eigenvalue weighted by Crippen LogP contribution is 2.16. The number of nitrogens with zero attached hydrogens (tertiary/aromatic N) is 3. The van der Waals surface area contributed by atoms with Crippen LogP contribution in [-0.2, 0) is 11.5 Å². The van der Waals surface area contributed by atoms with Crippen LogP contribution in [-0.4, -0.2) is 26.7 Å². The molecule has 0 radical (unpaired) electrons. The Morgan fingerprint density at radius 3 is 2.33 bits per heavy atom. The molecule has 148 valence electrons. The van der Waals surface area contributed by atoms with Gasteiger partial charge in [-0.25, -0.2) is 4.79 Å². The van der Waals surface area contributed by atoms with Crippen molar-refractivity contribution in [1.82, 2.24) is 15.0 Å². The molecule has 0 saturated heterocycles. The first-order chi connectivity index (χ1) is 14.5. The second-order valence-electron chi connectivity index (χ2n) is 6.71. The van der Waals surface area contributed by atoms with E-state index in [1.54, 1.807) is 54.6 Å². The van der Waals surface area contributed by atoms with Crippen molar-refractivity contribution in [3.8, 4) is 0 Å². The molecule has 0 saturated carbocycles. The lowest BCUT2D eigenvalue weighted by atomic mass is 9.98. The smallest absolute Gasteiger partial charge is 0.340 e. The molecule has 0 bridgehead atoms. The molecule has 0 unspecified atom stereocenters. The normalized spacial score (nSPS) is 10.7. The monoisotopic (exact) mass is 399 g/mol. The van der Waals surface area contributed by atoms with E-state index in [1.807, 2.05) is 19.1 Å². The van der Waals surface area contributed by atoms with Crippen LogP contribution in [0.1, 0.15) is 31.8 Å². The SMILES string of the molecule is Cc1ccc(C(=O)c2ccccc2C(=O)OCn2nnc3ccccc3c2=O)cc1. The number of aryl methyl sites for hydroxylation is 1. The van der Waals surface area contributed by atoms with Gasteiger partial charge in [0, 0.05) is 11.1 Å². The number of ketones is 1. The van der Waals surface area contributed by atoms with E-state index in [2.05, 4.69) is 10.3 Å². The Bertz CT molecular complexity index is 1310. The van der Waals surface area contributed by atoms with Crippen molar-refractivity contribution >= 4 is 22.7 Å². The van der Waals surface area contributed by atoms with Crippen LogP contribution >= 0.6 is 0 Å². The Morgan fingerprint density at radius 2 is 1.57 bits per heavy atom. The zero-order valence-corrected chi connectivity index (χ0v) is 16.1. The van der Waals surface area contributed by atoms with Crippen LogP contribution in [0.3, 0.4) is 0 Å². The molecule has 0 atom stereocenters. The third-order valence-corrected chi connectivity index (χ3v) is 4.65. The van der Waals surface area contributed by atoms with E-state index < -0.39 is 18.3 Å². The highest BCUT2D eigenvalue weighted by molar-refractivity contribution is 6.14. The summed E-state index contributed by atoms with van der Waals surface area (Å²) in [6.45, 7) is 1.51. The molecule has 0 aliphatic heterocycles. The van der Waals surface area contributed by atoms with E-state index in [-0.39, 0.29) is 16.9 Å². The maximum Gasteiger partial charge on any atom is 0.340 e. The third-order valence-electron chi connectivity index (χ3n) is 4.65. The van der Waals surface area contributed by atoms with Gasteiger partial charge in [0.2, 0.25) is 0 Å². The Labute approximate surface area is 171 Å². The number of ether oxygens (including phenoxy) is 1. The van der Waals surface area contributed by atoms with Crippen LogP contribution in [0.15, 0.2) is 77.6 Å². The van der Waals surface area contributed by atoms with Crippen molar-refractivity contribution < 1.29 is 14.3 Å². The summed E-state index contributed by atoms with van der Waals surface area (Å²) < 4.78 is 6.22. The average Bonchev–Trinajstić information content (AvgIpc) is 2.78. The van der Waals surface area contributed by atoms with Crippen molar-refractivity contribution in [3.63, 3.8) is 0 Å². The van der Waals surface area contributed by atoms with Gasteiger partial charge in [-0.1, -0.05) is 65.4 Å². The number of rotatable bonds is 5.